The van der Waals surface area contributed by atoms with E-state index in [9.17, 15) is 21.6 Å². The quantitative estimate of drug-likeness (QED) is 0.775. The molecule has 25 heavy (non-hydrogen) atoms. The molecule has 1 aliphatic heterocycles. The lowest BCUT2D eigenvalue weighted by molar-refractivity contribution is -0.182. The smallest absolute Gasteiger partial charge is 0.314 e. The zero-order valence-corrected chi connectivity index (χ0v) is 14.7. The van der Waals surface area contributed by atoms with Gasteiger partial charge in [0.15, 0.2) is 0 Å². The van der Waals surface area contributed by atoms with Gasteiger partial charge in [0, 0.05) is 32.7 Å². The highest BCUT2D eigenvalue weighted by Gasteiger charge is 2.44. The summed E-state index contributed by atoms with van der Waals surface area (Å²) in [5.41, 5.74) is 0.118. The zero-order chi connectivity index (χ0) is 17.8. The SMILES string of the molecule is Cl.N#Cc1cccc(S(=O)(=O)NCC(N2CCNCC2)C(F)(F)F)c1. The topological polar surface area (TPSA) is 85.2 Å². The first-order valence-electron chi connectivity index (χ1n) is 7.25. The van der Waals surface area contributed by atoms with Crippen LogP contribution < -0.4 is 10.0 Å². The number of nitrogens with one attached hydrogen (secondary N) is 2. The Hall–Kier alpha value is -1.38. The Morgan fingerprint density at radius 3 is 2.52 bits per heavy atom. The molecule has 140 valence electrons. The number of nitriles is 1. The van der Waals surface area contributed by atoms with Crippen LogP contribution in [0, 0.1) is 11.3 Å². The van der Waals surface area contributed by atoms with Crippen molar-refractivity contribution in [1.29, 1.82) is 5.26 Å². The summed E-state index contributed by atoms with van der Waals surface area (Å²) in [4.78, 5) is 0.979. The fourth-order valence-electron chi connectivity index (χ4n) is 2.45. The number of nitrogens with zero attached hydrogens (tertiary/aromatic N) is 2. The summed E-state index contributed by atoms with van der Waals surface area (Å²) in [6.07, 6.45) is -4.55. The van der Waals surface area contributed by atoms with Crippen molar-refractivity contribution in [2.24, 2.45) is 0 Å². The van der Waals surface area contributed by atoms with Crippen molar-refractivity contribution in [2.45, 2.75) is 17.1 Å². The summed E-state index contributed by atoms with van der Waals surface area (Å²) in [5, 5.41) is 11.7. The van der Waals surface area contributed by atoms with Gasteiger partial charge in [0.05, 0.1) is 16.5 Å². The lowest BCUT2D eigenvalue weighted by Gasteiger charge is -2.35. The van der Waals surface area contributed by atoms with E-state index in [1.54, 1.807) is 6.07 Å². The lowest BCUT2D eigenvalue weighted by atomic mass is 10.2. The number of hydrogen-bond acceptors (Lipinski definition) is 5. The van der Waals surface area contributed by atoms with Crippen molar-refractivity contribution in [3.05, 3.63) is 29.8 Å². The molecule has 6 nitrogen and oxygen atoms in total. The van der Waals surface area contributed by atoms with Gasteiger partial charge in [0.2, 0.25) is 10.0 Å². The Balaban J connectivity index is 0.00000312. The Morgan fingerprint density at radius 1 is 1.32 bits per heavy atom. The summed E-state index contributed by atoms with van der Waals surface area (Å²) in [7, 11) is -4.13. The third-order valence-corrected chi connectivity index (χ3v) is 5.13. The molecular weight excluding hydrogens is 381 g/mol. The van der Waals surface area contributed by atoms with Crippen molar-refractivity contribution in [3.8, 4) is 6.07 Å². The zero-order valence-electron chi connectivity index (χ0n) is 13.1. The number of piperazine rings is 1. The van der Waals surface area contributed by atoms with Crippen molar-refractivity contribution >= 4 is 22.4 Å². The van der Waals surface area contributed by atoms with Gasteiger partial charge in [-0.25, -0.2) is 13.1 Å². The largest absolute Gasteiger partial charge is 0.405 e. The molecule has 2 rings (SSSR count). The van der Waals surface area contributed by atoms with Gasteiger partial charge in [0.25, 0.3) is 0 Å². The summed E-state index contributed by atoms with van der Waals surface area (Å²) < 4.78 is 66.2. The number of rotatable bonds is 5. The standard InChI is InChI=1S/C14H17F3N4O2S.ClH/c15-14(16,17)13(21-6-4-19-5-7-21)10-20-24(22,23)12-3-1-2-11(8-12)9-18;/h1-3,8,13,19-20H,4-7,10H2;1H. The molecule has 1 fully saturated rings. The Bertz CT molecular complexity index is 716. The van der Waals surface area contributed by atoms with Gasteiger partial charge >= 0.3 is 6.18 Å². The maximum absolute atomic E-state index is 13.3. The van der Waals surface area contributed by atoms with Gasteiger partial charge in [-0.2, -0.15) is 18.4 Å². The molecule has 0 radical (unpaired) electrons. The minimum absolute atomic E-state index is 0. The minimum atomic E-state index is -4.55. The number of sulfonamides is 1. The molecule has 0 aromatic heterocycles. The van der Waals surface area contributed by atoms with Crippen LogP contribution in [0.1, 0.15) is 5.56 Å². The highest BCUT2D eigenvalue weighted by Crippen LogP contribution is 2.25. The van der Waals surface area contributed by atoms with Gasteiger partial charge in [-0.05, 0) is 18.2 Å². The molecule has 1 aromatic carbocycles. The van der Waals surface area contributed by atoms with Crippen LogP contribution in [0.3, 0.4) is 0 Å². The summed E-state index contributed by atoms with van der Waals surface area (Å²) in [6.45, 7) is 0.446. The van der Waals surface area contributed by atoms with Gasteiger partial charge < -0.3 is 5.32 Å². The number of hydrogen-bond donors (Lipinski definition) is 2. The third kappa shape index (κ3) is 5.83. The lowest BCUT2D eigenvalue weighted by Crippen LogP contribution is -2.57. The van der Waals surface area contributed by atoms with E-state index in [2.05, 4.69) is 5.32 Å². The van der Waals surface area contributed by atoms with E-state index >= 15 is 0 Å². The van der Waals surface area contributed by atoms with E-state index in [-0.39, 0.29) is 36.0 Å². The van der Waals surface area contributed by atoms with Crippen LogP contribution in [0.2, 0.25) is 0 Å². The molecule has 0 amide bonds. The second-order valence-corrected chi connectivity index (χ2v) is 7.10. The highest BCUT2D eigenvalue weighted by molar-refractivity contribution is 7.89. The number of alkyl halides is 3. The van der Waals surface area contributed by atoms with E-state index < -0.39 is 28.8 Å². The molecule has 0 bridgehead atoms. The van der Waals surface area contributed by atoms with Crippen LogP contribution >= 0.6 is 12.4 Å². The molecule has 2 N–H and O–H groups in total. The second-order valence-electron chi connectivity index (χ2n) is 5.33. The fraction of sp³-hybridized carbons (Fsp3) is 0.500. The molecular formula is C14H18ClF3N4O2S. The summed E-state index contributed by atoms with van der Waals surface area (Å²) >= 11 is 0. The highest BCUT2D eigenvalue weighted by atomic mass is 35.5. The van der Waals surface area contributed by atoms with Crippen LogP contribution in [-0.4, -0.2) is 58.3 Å². The molecule has 11 heteroatoms. The number of benzene rings is 1. The molecule has 1 atom stereocenters. The van der Waals surface area contributed by atoms with Gasteiger partial charge in [0.1, 0.15) is 6.04 Å². The predicted octanol–water partition coefficient (Wildman–Crippen LogP) is 1.09. The average molecular weight is 399 g/mol. The van der Waals surface area contributed by atoms with Crippen molar-refractivity contribution in [1.82, 2.24) is 14.9 Å². The summed E-state index contributed by atoms with van der Waals surface area (Å²) in [5.74, 6) is 0. The van der Waals surface area contributed by atoms with Gasteiger partial charge in [-0.1, -0.05) is 6.07 Å². The van der Waals surface area contributed by atoms with E-state index in [0.717, 1.165) is 6.07 Å². The normalized spacial score (nSPS) is 17.4. The van der Waals surface area contributed by atoms with E-state index in [0.29, 0.717) is 13.1 Å². The minimum Gasteiger partial charge on any atom is -0.314 e. The van der Waals surface area contributed by atoms with Crippen molar-refractivity contribution in [3.63, 3.8) is 0 Å². The predicted molar refractivity (Wildman–Crippen MR) is 87.9 cm³/mol. The maximum atomic E-state index is 13.3. The molecule has 1 aromatic rings. The Labute approximate surface area is 150 Å². The van der Waals surface area contributed by atoms with Crippen molar-refractivity contribution in [2.75, 3.05) is 32.7 Å². The third-order valence-electron chi connectivity index (χ3n) is 3.71. The monoisotopic (exact) mass is 398 g/mol. The van der Waals surface area contributed by atoms with Crippen LogP contribution in [0.4, 0.5) is 13.2 Å². The molecule has 0 saturated carbocycles. The van der Waals surface area contributed by atoms with E-state index in [1.807, 2.05) is 4.72 Å². The van der Waals surface area contributed by atoms with Crippen LogP contribution in [0.5, 0.6) is 0 Å². The number of halogens is 4. The molecule has 1 saturated heterocycles. The molecule has 0 spiro atoms. The van der Waals surface area contributed by atoms with Crippen LogP contribution in [-0.2, 0) is 10.0 Å². The Morgan fingerprint density at radius 2 is 1.96 bits per heavy atom. The van der Waals surface area contributed by atoms with E-state index in [4.69, 9.17) is 5.26 Å². The molecule has 1 aliphatic rings. The molecule has 1 heterocycles. The second kappa shape index (κ2) is 8.82. The van der Waals surface area contributed by atoms with Gasteiger partial charge in [-0.3, -0.25) is 4.90 Å². The molecule has 0 aliphatic carbocycles. The van der Waals surface area contributed by atoms with Crippen LogP contribution in [0.25, 0.3) is 0 Å². The molecule has 1 unspecified atom stereocenters. The van der Waals surface area contributed by atoms with Gasteiger partial charge in [-0.15, -0.1) is 12.4 Å². The van der Waals surface area contributed by atoms with Crippen LogP contribution in [0.15, 0.2) is 29.2 Å². The van der Waals surface area contributed by atoms with Crippen molar-refractivity contribution < 1.29 is 21.6 Å². The first-order valence-corrected chi connectivity index (χ1v) is 8.73. The first-order chi connectivity index (χ1) is 11.2. The Kier molecular flexibility index (Phi) is 7.64. The first kappa shape index (κ1) is 21.7. The fourth-order valence-corrected chi connectivity index (χ4v) is 3.53. The average Bonchev–Trinajstić information content (AvgIpc) is 2.54. The summed E-state index contributed by atoms with van der Waals surface area (Å²) in [6, 6.07) is 5.03. The van der Waals surface area contributed by atoms with E-state index in [1.165, 1.54) is 23.1 Å². The maximum Gasteiger partial charge on any atom is 0.405 e.